The smallest absolute Gasteiger partial charge is 0.153 e. The van der Waals surface area contributed by atoms with E-state index < -0.39 is 0 Å². The van der Waals surface area contributed by atoms with Crippen LogP contribution in [0.1, 0.15) is 5.56 Å². The van der Waals surface area contributed by atoms with Gasteiger partial charge in [-0.15, -0.1) is 0 Å². The lowest BCUT2D eigenvalue weighted by molar-refractivity contribution is 0.619. The Balaban J connectivity index is 2.22. The van der Waals surface area contributed by atoms with Crippen molar-refractivity contribution in [3.8, 4) is 22.4 Å². The molecule has 0 atom stereocenters. The second-order valence-corrected chi connectivity index (χ2v) is 5.66. The Hall–Kier alpha value is -2.14. The lowest BCUT2D eigenvalue weighted by Crippen LogP contribution is -1.90. The molecular formula is C16H13BrFN3. The molecule has 3 nitrogen and oxygen atoms in total. The van der Waals surface area contributed by atoms with Gasteiger partial charge in [0.25, 0.3) is 0 Å². The molecule has 3 N–H and O–H groups in total. The molecule has 0 aliphatic carbocycles. The molecule has 0 amide bonds. The number of hydrogen-bond donors (Lipinski definition) is 2. The first-order chi connectivity index (χ1) is 10.1. The van der Waals surface area contributed by atoms with Gasteiger partial charge in [-0.25, -0.2) is 4.39 Å². The van der Waals surface area contributed by atoms with Crippen LogP contribution in [-0.4, -0.2) is 10.2 Å². The van der Waals surface area contributed by atoms with Gasteiger partial charge in [0.2, 0.25) is 0 Å². The van der Waals surface area contributed by atoms with Gasteiger partial charge in [0, 0.05) is 15.6 Å². The van der Waals surface area contributed by atoms with E-state index in [-0.39, 0.29) is 5.82 Å². The highest BCUT2D eigenvalue weighted by molar-refractivity contribution is 9.10. The minimum Gasteiger partial charge on any atom is -0.382 e. The summed E-state index contributed by atoms with van der Waals surface area (Å²) < 4.78 is 14.4. The third-order valence-electron chi connectivity index (χ3n) is 3.38. The second kappa shape index (κ2) is 5.33. The average molecular weight is 346 g/mol. The highest BCUT2D eigenvalue weighted by Crippen LogP contribution is 2.38. The number of aryl methyl sites for hydroxylation is 1. The van der Waals surface area contributed by atoms with Gasteiger partial charge >= 0.3 is 0 Å². The van der Waals surface area contributed by atoms with Gasteiger partial charge in [-0.1, -0.05) is 34.1 Å². The topological polar surface area (TPSA) is 54.7 Å². The fraction of sp³-hybridized carbons (Fsp3) is 0.0625. The number of anilines is 1. The number of aromatic amines is 1. The Morgan fingerprint density at radius 3 is 2.67 bits per heavy atom. The predicted octanol–water partition coefficient (Wildman–Crippen LogP) is 4.54. The van der Waals surface area contributed by atoms with Crippen LogP contribution in [0, 0.1) is 12.7 Å². The van der Waals surface area contributed by atoms with Crippen LogP contribution in [0.2, 0.25) is 0 Å². The van der Waals surface area contributed by atoms with E-state index in [1.54, 1.807) is 19.1 Å². The Labute approximate surface area is 130 Å². The maximum absolute atomic E-state index is 13.4. The van der Waals surface area contributed by atoms with E-state index in [1.165, 1.54) is 6.07 Å². The Bertz CT molecular complexity index is 811. The van der Waals surface area contributed by atoms with E-state index in [1.807, 2.05) is 24.3 Å². The summed E-state index contributed by atoms with van der Waals surface area (Å²) in [5, 5.41) is 7.05. The van der Waals surface area contributed by atoms with Gasteiger partial charge in [0.05, 0.1) is 11.3 Å². The number of rotatable bonds is 2. The number of nitrogens with two attached hydrogens (primary N) is 1. The number of nitrogen functional groups attached to an aromatic ring is 1. The summed E-state index contributed by atoms with van der Waals surface area (Å²) >= 11 is 3.53. The summed E-state index contributed by atoms with van der Waals surface area (Å²) in [5.74, 6) is 0.188. The van der Waals surface area contributed by atoms with Gasteiger partial charge in [-0.2, -0.15) is 5.10 Å². The number of aromatic nitrogens is 2. The first kappa shape index (κ1) is 13.8. The van der Waals surface area contributed by atoms with Crippen molar-refractivity contribution >= 4 is 21.7 Å². The Morgan fingerprint density at radius 1 is 1.19 bits per heavy atom. The molecule has 0 aliphatic heterocycles. The van der Waals surface area contributed by atoms with Gasteiger partial charge in [-0.05, 0) is 36.8 Å². The van der Waals surface area contributed by atoms with Crippen LogP contribution in [0.3, 0.4) is 0 Å². The zero-order valence-corrected chi connectivity index (χ0v) is 12.9. The molecule has 1 aromatic heterocycles. The molecule has 0 fully saturated rings. The average Bonchev–Trinajstić information content (AvgIpc) is 2.84. The predicted molar refractivity (Wildman–Crippen MR) is 86.3 cm³/mol. The SMILES string of the molecule is Cc1cc(-c2[nH]nc(N)c2-c2ccccc2Br)ccc1F. The maximum atomic E-state index is 13.4. The van der Waals surface area contributed by atoms with Crippen LogP contribution in [0.4, 0.5) is 10.2 Å². The molecule has 3 rings (SSSR count). The quantitative estimate of drug-likeness (QED) is 0.716. The molecular weight excluding hydrogens is 333 g/mol. The van der Waals surface area contributed by atoms with Crippen molar-refractivity contribution in [2.24, 2.45) is 0 Å². The number of nitrogens with zero attached hydrogens (tertiary/aromatic N) is 1. The third kappa shape index (κ3) is 2.45. The fourth-order valence-electron chi connectivity index (χ4n) is 2.30. The molecule has 3 aromatic rings. The molecule has 0 bridgehead atoms. The summed E-state index contributed by atoms with van der Waals surface area (Å²) in [7, 11) is 0. The van der Waals surface area contributed by atoms with Crippen LogP contribution < -0.4 is 5.73 Å². The first-order valence-electron chi connectivity index (χ1n) is 6.43. The van der Waals surface area contributed by atoms with Crippen molar-refractivity contribution in [2.75, 3.05) is 5.73 Å². The zero-order chi connectivity index (χ0) is 15.0. The van der Waals surface area contributed by atoms with Gasteiger partial charge in [0.1, 0.15) is 5.82 Å². The molecule has 106 valence electrons. The summed E-state index contributed by atoms with van der Waals surface area (Å²) in [4.78, 5) is 0. The molecule has 21 heavy (non-hydrogen) atoms. The number of halogens is 2. The molecule has 5 heteroatoms. The largest absolute Gasteiger partial charge is 0.382 e. The molecule has 0 saturated heterocycles. The van der Waals surface area contributed by atoms with E-state index in [0.717, 1.165) is 26.9 Å². The van der Waals surface area contributed by atoms with Crippen molar-refractivity contribution in [3.05, 3.63) is 58.3 Å². The number of benzene rings is 2. The number of H-pyrrole nitrogens is 1. The molecule has 0 unspecified atom stereocenters. The summed E-state index contributed by atoms with van der Waals surface area (Å²) in [5.41, 5.74) is 9.98. The van der Waals surface area contributed by atoms with Crippen molar-refractivity contribution in [2.45, 2.75) is 6.92 Å². The molecule has 1 heterocycles. The number of hydrogen-bond acceptors (Lipinski definition) is 2. The van der Waals surface area contributed by atoms with E-state index in [0.29, 0.717) is 11.4 Å². The lowest BCUT2D eigenvalue weighted by atomic mass is 10.00. The van der Waals surface area contributed by atoms with E-state index in [2.05, 4.69) is 26.1 Å². The number of nitrogens with one attached hydrogen (secondary N) is 1. The highest BCUT2D eigenvalue weighted by atomic mass is 79.9. The van der Waals surface area contributed by atoms with Gasteiger partial charge in [0.15, 0.2) is 5.82 Å². The normalized spacial score (nSPS) is 10.8. The molecule has 2 aromatic carbocycles. The molecule has 0 saturated carbocycles. The van der Waals surface area contributed by atoms with Crippen molar-refractivity contribution < 1.29 is 4.39 Å². The summed E-state index contributed by atoms with van der Waals surface area (Å²) in [6, 6.07) is 12.7. The van der Waals surface area contributed by atoms with Gasteiger partial charge in [-0.3, -0.25) is 5.10 Å². The highest BCUT2D eigenvalue weighted by Gasteiger charge is 2.17. The van der Waals surface area contributed by atoms with Gasteiger partial charge < -0.3 is 5.73 Å². The third-order valence-corrected chi connectivity index (χ3v) is 4.08. The van der Waals surface area contributed by atoms with Crippen molar-refractivity contribution in [1.82, 2.24) is 10.2 Å². The summed E-state index contributed by atoms with van der Waals surface area (Å²) in [6.07, 6.45) is 0. The Kier molecular flexibility index (Phi) is 3.51. The van der Waals surface area contributed by atoms with E-state index >= 15 is 0 Å². The van der Waals surface area contributed by atoms with E-state index in [9.17, 15) is 4.39 Å². The van der Waals surface area contributed by atoms with Crippen molar-refractivity contribution in [3.63, 3.8) is 0 Å². The summed E-state index contributed by atoms with van der Waals surface area (Å²) in [6.45, 7) is 1.73. The van der Waals surface area contributed by atoms with Crippen LogP contribution in [0.5, 0.6) is 0 Å². The zero-order valence-electron chi connectivity index (χ0n) is 11.3. The van der Waals surface area contributed by atoms with Crippen molar-refractivity contribution in [1.29, 1.82) is 0 Å². The van der Waals surface area contributed by atoms with E-state index in [4.69, 9.17) is 5.73 Å². The van der Waals surface area contributed by atoms with Crippen LogP contribution in [0.15, 0.2) is 46.9 Å². The first-order valence-corrected chi connectivity index (χ1v) is 7.22. The van der Waals surface area contributed by atoms with Crippen LogP contribution >= 0.6 is 15.9 Å². The minimum absolute atomic E-state index is 0.228. The Morgan fingerprint density at radius 2 is 1.95 bits per heavy atom. The maximum Gasteiger partial charge on any atom is 0.153 e. The fourth-order valence-corrected chi connectivity index (χ4v) is 2.78. The van der Waals surface area contributed by atoms with Crippen LogP contribution in [0.25, 0.3) is 22.4 Å². The minimum atomic E-state index is -0.228. The standard InChI is InChI=1S/C16H13BrFN3/c1-9-8-10(6-7-13(9)18)15-14(16(19)21-20-15)11-4-2-3-5-12(11)17/h2-8H,1H3,(H3,19,20,21). The molecule has 0 radical (unpaired) electrons. The second-order valence-electron chi connectivity index (χ2n) is 4.80. The molecule has 0 spiro atoms. The monoisotopic (exact) mass is 345 g/mol. The van der Waals surface area contributed by atoms with Crippen LogP contribution in [-0.2, 0) is 0 Å². The lowest BCUT2D eigenvalue weighted by Gasteiger charge is -2.08. The molecule has 0 aliphatic rings.